The van der Waals surface area contributed by atoms with Gasteiger partial charge in [0.15, 0.2) is 16.6 Å². The highest BCUT2D eigenvalue weighted by Gasteiger charge is 2.33. The Morgan fingerprint density at radius 2 is 1.91 bits per heavy atom. The smallest absolute Gasteiger partial charge is 0.273 e. The van der Waals surface area contributed by atoms with Crippen molar-refractivity contribution >= 4 is 45.0 Å². The van der Waals surface area contributed by atoms with Gasteiger partial charge in [-0.1, -0.05) is 37.3 Å². The van der Waals surface area contributed by atoms with Crippen LogP contribution in [0, 0.1) is 0 Å². The summed E-state index contributed by atoms with van der Waals surface area (Å²) in [6.07, 6.45) is -0.715. The molecule has 1 aromatic heterocycles. The number of rotatable bonds is 8. The van der Waals surface area contributed by atoms with Crippen molar-refractivity contribution in [3.63, 3.8) is 0 Å². The predicted molar refractivity (Wildman–Crippen MR) is 130 cm³/mol. The minimum absolute atomic E-state index is 0. The first kappa shape index (κ1) is 24.1. The molecule has 1 amide bonds. The number of nitrogens with zero attached hydrogens (tertiary/aromatic N) is 3. The third kappa shape index (κ3) is 5.09. The summed E-state index contributed by atoms with van der Waals surface area (Å²) in [5.74, 6) is 1.87. The van der Waals surface area contributed by atoms with E-state index in [-0.39, 0.29) is 24.9 Å². The number of methoxy groups -OCH3 is 1. The summed E-state index contributed by atoms with van der Waals surface area (Å²) in [5, 5.41) is 0.655. The van der Waals surface area contributed by atoms with Crippen molar-refractivity contribution < 1.29 is 19.0 Å². The molecule has 172 valence electrons. The van der Waals surface area contributed by atoms with Gasteiger partial charge < -0.3 is 19.1 Å². The number of hydrogen-bond acceptors (Lipinski definition) is 7. The Bertz CT molecular complexity index is 1060. The summed E-state index contributed by atoms with van der Waals surface area (Å²) in [7, 11) is 1.64. The molecule has 7 nitrogen and oxygen atoms in total. The molecule has 2 heterocycles. The van der Waals surface area contributed by atoms with Gasteiger partial charge in [-0.2, -0.15) is 0 Å². The van der Waals surface area contributed by atoms with Crippen molar-refractivity contribution in [2.75, 3.05) is 44.8 Å². The van der Waals surface area contributed by atoms with Crippen molar-refractivity contribution in [2.45, 2.75) is 20.0 Å². The van der Waals surface area contributed by atoms with Crippen LogP contribution in [0.2, 0.25) is 0 Å². The Morgan fingerprint density at radius 1 is 1.16 bits per heavy atom. The molecule has 0 fully saturated rings. The largest absolute Gasteiger partial charge is 0.497 e. The second-order valence-corrected chi connectivity index (χ2v) is 8.22. The van der Waals surface area contributed by atoms with Crippen molar-refractivity contribution in [3.05, 3.63) is 42.5 Å². The van der Waals surface area contributed by atoms with Gasteiger partial charge in [-0.05, 0) is 43.4 Å². The van der Waals surface area contributed by atoms with Crippen LogP contribution in [-0.2, 0) is 4.79 Å². The maximum atomic E-state index is 13.5. The molecule has 2 aromatic carbocycles. The molecule has 1 unspecified atom stereocenters. The molecular weight excluding hydrogens is 450 g/mol. The lowest BCUT2D eigenvalue weighted by Crippen LogP contribution is -2.48. The second kappa shape index (κ2) is 10.8. The Morgan fingerprint density at radius 3 is 2.62 bits per heavy atom. The van der Waals surface area contributed by atoms with Crippen molar-refractivity contribution in [1.82, 2.24) is 9.88 Å². The number of halogens is 1. The van der Waals surface area contributed by atoms with E-state index in [4.69, 9.17) is 19.2 Å². The highest BCUT2D eigenvalue weighted by atomic mass is 35.5. The third-order valence-corrected chi connectivity index (χ3v) is 6.44. The molecule has 4 rings (SSSR count). The van der Waals surface area contributed by atoms with Crippen molar-refractivity contribution in [1.29, 1.82) is 0 Å². The topological polar surface area (TPSA) is 64.1 Å². The van der Waals surface area contributed by atoms with Gasteiger partial charge in [0.05, 0.1) is 17.3 Å². The van der Waals surface area contributed by atoms with E-state index in [2.05, 4.69) is 18.7 Å². The summed E-state index contributed by atoms with van der Waals surface area (Å²) in [4.78, 5) is 22.3. The zero-order chi connectivity index (χ0) is 21.8. The highest BCUT2D eigenvalue weighted by molar-refractivity contribution is 7.22. The molecule has 0 radical (unpaired) electrons. The van der Waals surface area contributed by atoms with Crippen LogP contribution in [0.4, 0.5) is 5.13 Å². The van der Waals surface area contributed by atoms with Crippen LogP contribution in [0.3, 0.4) is 0 Å². The number of amides is 1. The number of carbonyl (C=O) groups excluding carboxylic acids is 1. The molecule has 9 heteroatoms. The monoisotopic (exact) mass is 477 g/mol. The lowest BCUT2D eigenvalue weighted by Gasteiger charge is -2.30. The maximum Gasteiger partial charge on any atom is 0.273 e. The fraction of sp³-hybridized carbons (Fsp3) is 0.391. The van der Waals surface area contributed by atoms with Crippen LogP contribution in [-0.4, -0.2) is 61.8 Å². The van der Waals surface area contributed by atoms with Gasteiger partial charge in [0.1, 0.15) is 12.4 Å². The van der Waals surface area contributed by atoms with Gasteiger partial charge in [0, 0.05) is 13.1 Å². The predicted octanol–water partition coefficient (Wildman–Crippen LogP) is 4.24. The van der Waals surface area contributed by atoms with Gasteiger partial charge in [-0.3, -0.25) is 9.69 Å². The van der Waals surface area contributed by atoms with E-state index in [1.807, 2.05) is 42.5 Å². The summed E-state index contributed by atoms with van der Waals surface area (Å²) in [6, 6.07) is 13.2. The van der Waals surface area contributed by atoms with Gasteiger partial charge in [0.25, 0.3) is 5.91 Å². The number of benzene rings is 2. The highest BCUT2D eigenvalue weighted by Crippen LogP contribution is 2.34. The normalized spacial score (nSPS) is 14.8. The fourth-order valence-corrected chi connectivity index (χ4v) is 4.56. The van der Waals surface area contributed by atoms with E-state index < -0.39 is 6.10 Å². The van der Waals surface area contributed by atoms with E-state index in [1.165, 1.54) is 11.3 Å². The third-order valence-electron chi connectivity index (χ3n) is 5.40. The van der Waals surface area contributed by atoms with E-state index in [0.717, 1.165) is 35.6 Å². The number of likely N-dealkylation sites (N-methyl/N-ethyl adjacent to an activating group) is 1. The van der Waals surface area contributed by atoms with E-state index in [0.29, 0.717) is 23.2 Å². The molecule has 0 aliphatic carbocycles. The minimum Gasteiger partial charge on any atom is -0.497 e. The molecule has 1 aliphatic heterocycles. The molecule has 0 N–H and O–H groups in total. The second-order valence-electron chi connectivity index (χ2n) is 7.21. The number of fused-ring (bicyclic) bond motifs is 2. The first-order valence-corrected chi connectivity index (χ1v) is 11.3. The standard InChI is InChI=1S/C23H27N3O4S.ClH/c1-4-25(5-2)12-13-26(23-24-17-11-10-16(28-3)14-21(17)31-23)22(27)20-15-29-18-8-6-7-9-19(18)30-20;/h6-11,14,20H,4-5,12-13,15H2,1-3H3;1H. The SMILES string of the molecule is CCN(CC)CCN(C(=O)C1COc2ccccc2O1)c1nc2ccc(OC)cc2s1.Cl. The molecule has 1 atom stereocenters. The number of para-hydroxylation sites is 2. The van der Waals surface area contributed by atoms with Gasteiger partial charge in [0.2, 0.25) is 6.10 Å². The van der Waals surface area contributed by atoms with E-state index in [1.54, 1.807) is 12.0 Å². The minimum atomic E-state index is -0.715. The van der Waals surface area contributed by atoms with Crippen LogP contribution in [0.25, 0.3) is 10.2 Å². The Kier molecular flexibility index (Phi) is 8.17. The van der Waals surface area contributed by atoms with E-state index >= 15 is 0 Å². The molecule has 3 aromatic rings. The lowest BCUT2D eigenvalue weighted by molar-refractivity contribution is -0.127. The maximum absolute atomic E-state index is 13.5. The fourth-order valence-electron chi connectivity index (χ4n) is 3.53. The number of carbonyl (C=O) groups is 1. The zero-order valence-electron chi connectivity index (χ0n) is 18.4. The molecule has 0 spiro atoms. The van der Waals surface area contributed by atoms with Gasteiger partial charge in [-0.15, -0.1) is 12.4 Å². The van der Waals surface area contributed by atoms with Crippen LogP contribution in [0.1, 0.15) is 13.8 Å². The van der Waals surface area contributed by atoms with Crippen LogP contribution in [0.5, 0.6) is 17.2 Å². The summed E-state index contributed by atoms with van der Waals surface area (Å²) in [6.45, 7) is 7.54. The van der Waals surface area contributed by atoms with Crippen molar-refractivity contribution in [3.8, 4) is 17.2 Å². The quantitative estimate of drug-likeness (QED) is 0.483. The molecule has 0 saturated carbocycles. The number of thiazole rings is 1. The van der Waals surface area contributed by atoms with E-state index in [9.17, 15) is 4.79 Å². The van der Waals surface area contributed by atoms with Gasteiger partial charge in [-0.25, -0.2) is 4.98 Å². The Balaban J connectivity index is 0.00000289. The van der Waals surface area contributed by atoms with Crippen LogP contribution >= 0.6 is 23.7 Å². The Labute approximate surface area is 198 Å². The average molecular weight is 478 g/mol. The summed E-state index contributed by atoms with van der Waals surface area (Å²) < 4.78 is 18.1. The lowest BCUT2D eigenvalue weighted by atomic mass is 10.2. The van der Waals surface area contributed by atoms with Crippen LogP contribution < -0.4 is 19.1 Å². The summed E-state index contributed by atoms with van der Waals surface area (Å²) in [5.41, 5.74) is 0.840. The zero-order valence-corrected chi connectivity index (χ0v) is 20.1. The van der Waals surface area contributed by atoms with Crippen molar-refractivity contribution in [2.24, 2.45) is 0 Å². The molecule has 0 bridgehead atoms. The van der Waals surface area contributed by atoms with Crippen LogP contribution in [0.15, 0.2) is 42.5 Å². The Hall–Kier alpha value is -2.55. The van der Waals surface area contributed by atoms with Gasteiger partial charge >= 0.3 is 0 Å². The molecule has 1 aliphatic rings. The molecule has 0 saturated heterocycles. The number of hydrogen-bond donors (Lipinski definition) is 0. The molecule has 32 heavy (non-hydrogen) atoms. The first-order valence-electron chi connectivity index (χ1n) is 10.5. The number of ether oxygens (including phenoxy) is 3. The number of aromatic nitrogens is 1. The first-order chi connectivity index (χ1) is 15.1. The number of anilines is 1. The average Bonchev–Trinajstić information content (AvgIpc) is 3.24. The summed E-state index contributed by atoms with van der Waals surface area (Å²) >= 11 is 1.48. The molecular formula is C23H28ClN3O4S.